The van der Waals surface area contributed by atoms with E-state index in [0.717, 1.165) is 5.56 Å². The second kappa shape index (κ2) is 7.94. The molecule has 0 saturated heterocycles. The average molecular weight is 208 g/mol. The van der Waals surface area contributed by atoms with Crippen molar-refractivity contribution in [2.45, 2.75) is 18.6 Å². The van der Waals surface area contributed by atoms with Gasteiger partial charge in [0.15, 0.2) is 0 Å². The zero-order valence-corrected chi connectivity index (χ0v) is 8.45. The molecule has 0 aliphatic heterocycles. The van der Waals surface area contributed by atoms with E-state index in [9.17, 15) is 5.11 Å². The van der Waals surface area contributed by atoms with E-state index in [1.165, 1.54) is 0 Å². The van der Waals surface area contributed by atoms with E-state index >= 15 is 0 Å². The lowest BCUT2D eigenvalue weighted by atomic mass is 10.0. The quantitative estimate of drug-likeness (QED) is 0.674. The third-order valence-electron chi connectivity index (χ3n) is 1.94. The third-order valence-corrected chi connectivity index (χ3v) is 1.94. The summed E-state index contributed by atoms with van der Waals surface area (Å²) in [6.07, 6.45) is -0.191. The van der Waals surface area contributed by atoms with Crippen LogP contribution in [0.1, 0.15) is 18.1 Å². The molecule has 1 rings (SSSR count). The van der Waals surface area contributed by atoms with Crippen molar-refractivity contribution in [1.29, 1.82) is 5.26 Å². The van der Waals surface area contributed by atoms with Crippen LogP contribution in [0.15, 0.2) is 30.3 Å². The predicted octanol–water partition coefficient (Wildman–Crippen LogP) is 0.569. The number of hydrogen-bond donors (Lipinski definition) is 3. The molecule has 0 aromatic heterocycles. The number of aliphatic hydroxyl groups is 2. The molecule has 0 saturated carbocycles. The highest BCUT2D eigenvalue weighted by Gasteiger charge is 2.10. The van der Waals surface area contributed by atoms with Crippen molar-refractivity contribution < 1.29 is 10.2 Å². The Balaban J connectivity index is 0.000000921. The van der Waals surface area contributed by atoms with Gasteiger partial charge in [0.05, 0.1) is 12.7 Å². The Labute approximate surface area is 89.6 Å². The van der Waals surface area contributed by atoms with E-state index in [1.54, 1.807) is 0 Å². The van der Waals surface area contributed by atoms with Gasteiger partial charge in [-0.3, -0.25) is 0 Å². The summed E-state index contributed by atoms with van der Waals surface area (Å²) < 4.78 is 0. The molecule has 0 fully saturated rings. The zero-order valence-electron chi connectivity index (χ0n) is 8.45. The predicted molar refractivity (Wildman–Crippen MR) is 57.8 cm³/mol. The van der Waals surface area contributed by atoms with Crippen LogP contribution in [-0.2, 0) is 0 Å². The minimum absolute atomic E-state index is 0.0934. The molecule has 4 heteroatoms. The Morgan fingerprint density at radius 3 is 2.27 bits per heavy atom. The maximum atomic E-state index is 9.63. The first-order valence-corrected chi connectivity index (χ1v) is 4.59. The first-order valence-electron chi connectivity index (χ1n) is 4.59. The van der Waals surface area contributed by atoms with Gasteiger partial charge in [0, 0.05) is 12.6 Å². The normalized spacial score (nSPS) is 13.4. The van der Waals surface area contributed by atoms with Crippen LogP contribution in [0.5, 0.6) is 0 Å². The summed E-state index contributed by atoms with van der Waals surface area (Å²) in [5.74, 6) is 0. The van der Waals surface area contributed by atoms with Gasteiger partial charge in [0.2, 0.25) is 0 Å². The van der Waals surface area contributed by atoms with E-state index in [4.69, 9.17) is 16.1 Å². The summed E-state index contributed by atoms with van der Waals surface area (Å²) in [6, 6.07) is 8.95. The Morgan fingerprint density at radius 2 is 1.80 bits per heavy atom. The molecule has 82 valence electrons. The van der Waals surface area contributed by atoms with Crippen LogP contribution in [0, 0.1) is 11.8 Å². The van der Waals surface area contributed by atoms with Gasteiger partial charge in [0.1, 0.15) is 0 Å². The lowest BCUT2D eigenvalue weighted by Gasteiger charge is -2.14. The molecule has 15 heavy (non-hydrogen) atoms. The van der Waals surface area contributed by atoms with Gasteiger partial charge in [-0.05, 0) is 12.0 Å². The molecule has 0 spiro atoms. The number of nitriles is 1. The Morgan fingerprint density at radius 1 is 1.27 bits per heavy atom. The van der Waals surface area contributed by atoms with E-state index in [1.807, 2.05) is 30.3 Å². The molecule has 1 aromatic carbocycles. The fraction of sp³-hybridized carbons (Fsp3) is 0.364. The molecule has 1 aromatic rings. The van der Waals surface area contributed by atoms with E-state index < -0.39 is 6.10 Å². The zero-order chi connectivity index (χ0) is 11.7. The van der Waals surface area contributed by atoms with Crippen molar-refractivity contribution in [1.82, 2.24) is 0 Å². The van der Waals surface area contributed by atoms with Gasteiger partial charge in [0.25, 0.3) is 0 Å². The van der Waals surface area contributed by atoms with Crippen LogP contribution in [0.2, 0.25) is 0 Å². The van der Waals surface area contributed by atoms with Crippen LogP contribution in [0.25, 0.3) is 0 Å². The van der Waals surface area contributed by atoms with Crippen molar-refractivity contribution in [2.75, 3.05) is 6.61 Å². The second-order valence-corrected chi connectivity index (χ2v) is 3.10. The molecule has 0 bridgehead atoms. The van der Waals surface area contributed by atoms with Crippen molar-refractivity contribution in [3.05, 3.63) is 35.9 Å². The molecule has 0 radical (unpaired) electrons. The van der Waals surface area contributed by atoms with Crippen LogP contribution in [0.4, 0.5) is 0 Å². The van der Waals surface area contributed by atoms with Gasteiger partial charge in [-0.2, -0.15) is 0 Å². The van der Waals surface area contributed by atoms with Crippen molar-refractivity contribution in [3.63, 3.8) is 0 Å². The SMILES string of the molecule is C#N.N[C@H](CO)C[C@@H](O)c1ccccc1. The molecule has 0 heterocycles. The lowest BCUT2D eigenvalue weighted by Crippen LogP contribution is -2.26. The minimum Gasteiger partial charge on any atom is -0.395 e. The highest BCUT2D eigenvalue weighted by molar-refractivity contribution is 5.17. The fourth-order valence-corrected chi connectivity index (χ4v) is 1.17. The molecule has 4 nitrogen and oxygen atoms in total. The number of hydrogen-bond acceptors (Lipinski definition) is 4. The van der Waals surface area contributed by atoms with Crippen molar-refractivity contribution >= 4 is 0 Å². The second-order valence-electron chi connectivity index (χ2n) is 3.10. The Kier molecular flexibility index (Phi) is 7.20. The molecule has 0 amide bonds. The molecular formula is C11H16N2O2. The summed E-state index contributed by atoms with van der Waals surface area (Å²) in [6.45, 7) is 3.41. The first-order chi connectivity index (χ1) is 7.24. The van der Waals surface area contributed by atoms with E-state index in [-0.39, 0.29) is 12.6 Å². The summed E-state index contributed by atoms with van der Waals surface area (Å²) in [7, 11) is 0. The standard InChI is InChI=1S/C10H15NO2.CHN/c11-9(7-12)6-10(13)8-4-2-1-3-5-8;1-2/h1-5,9-10,12-13H,6-7,11H2;1H/t9-,10+;/m0./s1. The smallest absolute Gasteiger partial charge is 0.0805 e. The number of nitrogens with two attached hydrogens (primary N) is 1. The number of nitrogens with zero attached hydrogens (tertiary/aromatic N) is 1. The molecule has 4 N–H and O–H groups in total. The molecule has 0 aliphatic rings. The van der Waals surface area contributed by atoms with Crippen LogP contribution < -0.4 is 5.73 Å². The monoisotopic (exact) mass is 208 g/mol. The number of rotatable bonds is 4. The van der Waals surface area contributed by atoms with Crippen molar-refractivity contribution in [2.24, 2.45) is 5.73 Å². The maximum Gasteiger partial charge on any atom is 0.0805 e. The lowest BCUT2D eigenvalue weighted by molar-refractivity contribution is 0.140. The molecule has 2 atom stereocenters. The van der Waals surface area contributed by atoms with Crippen molar-refractivity contribution in [3.8, 4) is 6.57 Å². The summed E-state index contributed by atoms with van der Waals surface area (Å²) in [4.78, 5) is 0. The van der Waals surface area contributed by atoms with Gasteiger partial charge >= 0.3 is 0 Å². The van der Waals surface area contributed by atoms with Gasteiger partial charge in [-0.25, -0.2) is 5.26 Å². The highest BCUT2D eigenvalue weighted by Crippen LogP contribution is 2.16. The Bertz CT molecular complexity index is 274. The maximum absolute atomic E-state index is 9.63. The number of benzene rings is 1. The average Bonchev–Trinajstić information content (AvgIpc) is 2.32. The third kappa shape index (κ3) is 5.13. The van der Waals surface area contributed by atoms with Crippen LogP contribution in [0.3, 0.4) is 0 Å². The topological polar surface area (TPSA) is 90.3 Å². The summed E-state index contributed by atoms with van der Waals surface area (Å²) in [5.41, 5.74) is 6.34. The largest absolute Gasteiger partial charge is 0.395 e. The Hall–Kier alpha value is -1.41. The van der Waals surface area contributed by atoms with E-state index in [2.05, 4.69) is 6.57 Å². The molecular weight excluding hydrogens is 192 g/mol. The van der Waals surface area contributed by atoms with Crippen LogP contribution >= 0.6 is 0 Å². The molecule has 0 aliphatic carbocycles. The first kappa shape index (κ1) is 13.6. The van der Waals surface area contributed by atoms with Gasteiger partial charge in [-0.1, -0.05) is 30.3 Å². The van der Waals surface area contributed by atoms with Crippen LogP contribution in [-0.4, -0.2) is 22.9 Å². The summed E-state index contributed by atoms with van der Waals surface area (Å²) >= 11 is 0. The minimum atomic E-state index is -0.580. The fourth-order valence-electron chi connectivity index (χ4n) is 1.17. The van der Waals surface area contributed by atoms with Gasteiger partial charge < -0.3 is 15.9 Å². The van der Waals surface area contributed by atoms with E-state index in [0.29, 0.717) is 6.42 Å². The molecule has 0 unspecified atom stereocenters. The number of aliphatic hydroxyl groups excluding tert-OH is 2. The summed E-state index contributed by atoms with van der Waals surface area (Å²) in [5, 5.41) is 24.8. The highest BCUT2D eigenvalue weighted by atomic mass is 16.3. The van der Waals surface area contributed by atoms with Gasteiger partial charge in [-0.15, -0.1) is 0 Å².